The molecule has 0 aliphatic rings. The molecule has 0 radical (unpaired) electrons. The van der Waals surface area contributed by atoms with Crippen molar-refractivity contribution in [2.75, 3.05) is 4.66 Å². The van der Waals surface area contributed by atoms with Gasteiger partial charge < -0.3 is 4.42 Å². The topological polar surface area (TPSA) is 59.3 Å². The Morgan fingerprint density at radius 3 is 2.53 bits per heavy atom. The van der Waals surface area contributed by atoms with E-state index < -0.39 is 10.0 Å². The Hall–Kier alpha value is -0.330. The Labute approximate surface area is 98.2 Å². The van der Waals surface area contributed by atoms with Crippen molar-refractivity contribution in [3.8, 4) is 0 Å². The van der Waals surface area contributed by atoms with E-state index in [0.717, 1.165) is 17.1 Å². The van der Waals surface area contributed by atoms with Crippen LogP contribution in [-0.2, 0) is 10.0 Å². The second-order valence-electron chi connectivity index (χ2n) is 3.43. The molecule has 0 aliphatic heterocycles. The maximum absolute atomic E-state index is 11.3. The van der Waals surface area contributed by atoms with Crippen LogP contribution in [0, 0.1) is 13.8 Å². The van der Waals surface area contributed by atoms with Crippen molar-refractivity contribution in [2.24, 2.45) is 0 Å². The monoisotopic (exact) mass is 295 g/mol. The maximum Gasteiger partial charge on any atom is 0.222 e. The number of alkyl halides is 1. The Balaban J connectivity index is 2.86. The summed E-state index contributed by atoms with van der Waals surface area (Å²) in [5, 5.41) is 0. The zero-order valence-corrected chi connectivity index (χ0v) is 11.3. The molecule has 86 valence electrons. The van der Waals surface area contributed by atoms with E-state index in [9.17, 15) is 8.42 Å². The minimum absolute atomic E-state index is 0.0970. The predicted molar refractivity (Wildman–Crippen MR) is 62.4 cm³/mol. The fourth-order valence-electron chi connectivity index (χ4n) is 1.44. The largest absolute Gasteiger partial charge is 0.466 e. The van der Waals surface area contributed by atoms with Crippen molar-refractivity contribution < 1.29 is 12.8 Å². The summed E-state index contributed by atoms with van der Waals surface area (Å²) in [6.45, 7) is 5.45. The van der Waals surface area contributed by atoms with Gasteiger partial charge in [0.1, 0.15) is 16.2 Å². The predicted octanol–water partition coefficient (Wildman–Crippen LogP) is 2.23. The number of halogens is 1. The quantitative estimate of drug-likeness (QED) is 0.867. The first kappa shape index (κ1) is 12.7. The molecule has 1 aromatic rings. The van der Waals surface area contributed by atoms with Crippen LogP contribution in [0.5, 0.6) is 0 Å². The van der Waals surface area contributed by atoms with Crippen LogP contribution in [0.15, 0.2) is 10.5 Å². The molecule has 0 amide bonds. The standard InChI is InChI=1S/C9H14BrNO3S/c1-6-4-9(8(3)14-6)7(2)11-15(12,13)5-10/h4,7,11H,5H2,1-3H3. The molecule has 1 aromatic heterocycles. The van der Waals surface area contributed by atoms with Gasteiger partial charge in [-0.15, -0.1) is 0 Å². The summed E-state index contributed by atoms with van der Waals surface area (Å²) >= 11 is 2.92. The van der Waals surface area contributed by atoms with E-state index >= 15 is 0 Å². The second-order valence-corrected chi connectivity index (χ2v) is 6.49. The van der Waals surface area contributed by atoms with Crippen LogP contribution in [0.3, 0.4) is 0 Å². The van der Waals surface area contributed by atoms with E-state index in [1.807, 2.05) is 19.9 Å². The first-order valence-electron chi connectivity index (χ1n) is 4.48. The maximum atomic E-state index is 11.3. The molecule has 0 saturated heterocycles. The number of furan rings is 1. The lowest BCUT2D eigenvalue weighted by molar-refractivity contribution is 0.496. The van der Waals surface area contributed by atoms with Crippen molar-refractivity contribution in [3.05, 3.63) is 23.2 Å². The van der Waals surface area contributed by atoms with Crippen molar-refractivity contribution in [1.82, 2.24) is 4.72 Å². The third kappa shape index (κ3) is 3.32. The van der Waals surface area contributed by atoms with Gasteiger partial charge in [0.05, 0.1) is 0 Å². The molecule has 6 heteroatoms. The average Bonchev–Trinajstić information content (AvgIpc) is 2.45. The molecule has 1 heterocycles. The lowest BCUT2D eigenvalue weighted by atomic mass is 10.1. The van der Waals surface area contributed by atoms with Gasteiger partial charge in [-0.25, -0.2) is 13.1 Å². The normalized spacial score (nSPS) is 14.1. The number of sulfonamides is 1. The number of rotatable bonds is 4. The van der Waals surface area contributed by atoms with Crippen LogP contribution in [0.25, 0.3) is 0 Å². The summed E-state index contributed by atoms with van der Waals surface area (Å²) < 4.78 is 30.4. The zero-order chi connectivity index (χ0) is 11.6. The highest BCUT2D eigenvalue weighted by Crippen LogP contribution is 2.21. The Bertz CT molecular complexity index is 438. The molecule has 1 atom stereocenters. The van der Waals surface area contributed by atoms with Gasteiger partial charge in [-0.3, -0.25) is 0 Å². The molecule has 0 aliphatic carbocycles. The molecule has 15 heavy (non-hydrogen) atoms. The average molecular weight is 296 g/mol. The Morgan fingerprint density at radius 1 is 1.53 bits per heavy atom. The SMILES string of the molecule is Cc1cc(C(C)NS(=O)(=O)CBr)c(C)o1. The highest BCUT2D eigenvalue weighted by Gasteiger charge is 2.17. The fourth-order valence-corrected chi connectivity index (χ4v) is 2.57. The fraction of sp³-hybridized carbons (Fsp3) is 0.556. The van der Waals surface area contributed by atoms with Gasteiger partial charge in [0.2, 0.25) is 10.0 Å². The minimum atomic E-state index is -3.25. The number of aryl methyl sites for hydroxylation is 2. The number of hydrogen-bond acceptors (Lipinski definition) is 3. The van der Waals surface area contributed by atoms with E-state index in [2.05, 4.69) is 20.7 Å². The second kappa shape index (κ2) is 4.67. The molecule has 0 bridgehead atoms. The Morgan fingerprint density at radius 2 is 2.13 bits per heavy atom. The summed E-state index contributed by atoms with van der Waals surface area (Å²) in [6, 6.07) is 1.57. The van der Waals surface area contributed by atoms with Gasteiger partial charge in [-0.2, -0.15) is 0 Å². The molecule has 4 nitrogen and oxygen atoms in total. The van der Waals surface area contributed by atoms with E-state index in [1.165, 1.54) is 0 Å². The van der Waals surface area contributed by atoms with Gasteiger partial charge in [0.15, 0.2) is 0 Å². The first-order valence-corrected chi connectivity index (χ1v) is 7.26. The third-order valence-electron chi connectivity index (χ3n) is 2.05. The van der Waals surface area contributed by atoms with Crippen LogP contribution >= 0.6 is 15.9 Å². The Kier molecular flexibility index (Phi) is 3.97. The molecule has 1 rings (SSSR count). The molecule has 0 fully saturated rings. The zero-order valence-electron chi connectivity index (χ0n) is 8.87. The van der Waals surface area contributed by atoms with E-state index in [4.69, 9.17) is 4.42 Å². The molecule has 0 saturated carbocycles. The van der Waals surface area contributed by atoms with Crippen molar-refractivity contribution in [3.63, 3.8) is 0 Å². The van der Waals surface area contributed by atoms with Crippen LogP contribution in [0.4, 0.5) is 0 Å². The summed E-state index contributed by atoms with van der Waals surface area (Å²) in [4.78, 5) is 0. The minimum Gasteiger partial charge on any atom is -0.466 e. The third-order valence-corrected chi connectivity index (χ3v) is 4.85. The van der Waals surface area contributed by atoms with E-state index in [0.29, 0.717) is 0 Å². The van der Waals surface area contributed by atoms with Crippen LogP contribution in [-0.4, -0.2) is 13.1 Å². The smallest absolute Gasteiger partial charge is 0.222 e. The summed E-state index contributed by atoms with van der Waals surface area (Å²) in [5.41, 5.74) is 0.872. The van der Waals surface area contributed by atoms with E-state index in [-0.39, 0.29) is 10.7 Å². The summed E-state index contributed by atoms with van der Waals surface area (Å²) in [5.74, 6) is 1.53. The lowest BCUT2D eigenvalue weighted by Crippen LogP contribution is -2.27. The van der Waals surface area contributed by atoms with E-state index in [1.54, 1.807) is 6.92 Å². The van der Waals surface area contributed by atoms with Crippen molar-refractivity contribution in [2.45, 2.75) is 26.8 Å². The number of hydrogen-bond donors (Lipinski definition) is 1. The lowest BCUT2D eigenvalue weighted by Gasteiger charge is -2.11. The van der Waals surface area contributed by atoms with Crippen molar-refractivity contribution in [1.29, 1.82) is 0 Å². The molecule has 0 aromatic carbocycles. The van der Waals surface area contributed by atoms with Crippen LogP contribution in [0.2, 0.25) is 0 Å². The number of nitrogens with one attached hydrogen (secondary N) is 1. The molecular formula is C9H14BrNO3S. The molecule has 1 N–H and O–H groups in total. The highest BCUT2D eigenvalue weighted by molar-refractivity contribution is 9.10. The summed E-state index contributed by atoms with van der Waals surface area (Å²) in [6.07, 6.45) is 0. The van der Waals surface area contributed by atoms with Gasteiger partial charge in [-0.1, -0.05) is 15.9 Å². The van der Waals surface area contributed by atoms with Gasteiger partial charge >= 0.3 is 0 Å². The van der Waals surface area contributed by atoms with Crippen molar-refractivity contribution >= 4 is 26.0 Å². The first-order chi connectivity index (χ1) is 6.85. The van der Waals surface area contributed by atoms with Gasteiger partial charge in [0.25, 0.3) is 0 Å². The molecule has 0 spiro atoms. The highest BCUT2D eigenvalue weighted by atomic mass is 79.9. The van der Waals surface area contributed by atoms with Gasteiger partial charge in [-0.05, 0) is 26.8 Å². The molecular weight excluding hydrogens is 282 g/mol. The molecule has 1 unspecified atom stereocenters. The summed E-state index contributed by atoms with van der Waals surface area (Å²) in [7, 11) is -3.25. The van der Waals surface area contributed by atoms with Crippen LogP contribution in [0.1, 0.15) is 30.0 Å². The van der Waals surface area contributed by atoms with Gasteiger partial charge in [0, 0.05) is 11.6 Å². The van der Waals surface area contributed by atoms with Crippen LogP contribution < -0.4 is 4.72 Å².